The van der Waals surface area contributed by atoms with Crippen molar-refractivity contribution >= 4 is 37.1 Å². The van der Waals surface area contributed by atoms with E-state index in [1.165, 1.54) is 16.0 Å². The van der Waals surface area contributed by atoms with Gasteiger partial charge in [0.15, 0.2) is 0 Å². The van der Waals surface area contributed by atoms with Crippen LogP contribution in [0.15, 0.2) is 41.7 Å². The Bertz CT molecular complexity index is 1600. The first-order chi connectivity index (χ1) is 21.9. The normalized spacial score (nSPS) is 15.1. The molecule has 0 bridgehead atoms. The molecule has 3 aromatic rings. The number of carbonyl (C=O) groups excluding carboxylic acids is 1. The van der Waals surface area contributed by atoms with Crippen LogP contribution in [0.4, 0.5) is 49.5 Å². The number of halogens is 6. The van der Waals surface area contributed by atoms with E-state index >= 15 is 0 Å². The highest BCUT2D eigenvalue weighted by atomic mass is 28.3. The highest BCUT2D eigenvalue weighted by molar-refractivity contribution is 6.76. The summed E-state index contributed by atoms with van der Waals surface area (Å²) in [4.78, 5) is 40.2. The van der Waals surface area contributed by atoms with Gasteiger partial charge in [-0.15, -0.1) is 0 Å². The first kappa shape index (κ1) is 35.6. The predicted octanol–water partition coefficient (Wildman–Crippen LogP) is 4.54. The number of nitrogens with zero attached hydrogens (tertiary/aromatic N) is 7. The van der Waals surface area contributed by atoms with Gasteiger partial charge in [0.05, 0.1) is 17.4 Å². The van der Waals surface area contributed by atoms with Gasteiger partial charge < -0.3 is 20.3 Å². The van der Waals surface area contributed by atoms with E-state index in [0.717, 1.165) is 12.2 Å². The molecular formula is C28H35F6N9O3Si. The summed E-state index contributed by atoms with van der Waals surface area (Å²) >= 11 is 0. The number of carbonyl (C=O) groups is 1. The van der Waals surface area contributed by atoms with E-state index in [1.807, 2.05) is 0 Å². The lowest BCUT2D eigenvalue weighted by Gasteiger charge is -2.33. The monoisotopic (exact) mass is 687 g/mol. The van der Waals surface area contributed by atoms with Gasteiger partial charge in [0, 0.05) is 70.7 Å². The summed E-state index contributed by atoms with van der Waals surface area (Å²) < 4.78 is 86.4. The number of alkyl halides is 6. The zero-order valence-electron chi connectivity index (χ0n) is 26.1. The summed E-state index contributed by atoms with van der Waals surface area (Å²) in [6.07, 6.45) is -5.80. The number of piperazine rings is 1. The smallest absolute Gasteiger partial charge is 0.383 e. The van der Waals surface area contributed by atoms with Crippen molar-refractivity contribution in [2.75, 3.05) is 53.2 Å². The van der Waals surface area contributed by atoms with Crippen LogP contribution in [0.2, 0.25) is 25.7 Å². The van der Waals surface area contributed by atoms with Gasteiger partial charge in [-0.3, -0.25) is 14.5 Å². The average molecular weight is 688 g/mol. The van der Waals surface area contributed by atoms with Crippen molar-refractivity contribution in [1.29, 1.82) is 0 Å². The lowest BCUT2D eigenvalue weighted by atomic mass is 10.2. The Morgan fingerprint density at radius 2 is 1.70 bits per heavy atom. The number of anilines is 4. The van der Waals surface area contributed by atoms with Crippen LogP contribution in [0.5, 0.6) is 0 Å². The Morgan fingerprint density at radius 1 is 1.00 bits per heavy atom. The van der Waals surface area contributed by atoms with Gasteiger partial charge in [0.1, 0.15) is 24.7 Å². The largest absolute Gasteiger partial charge is 0.423 e. The molecule has 47 heavy (non-hydrogen) atoms. The summed E-state index contributed by atoms with van der Waals surface area (Å²) in [7, 11) is -1.43. The van der Waals surface area contributed by atoms with Crippen LogP contribution >= 0.6 is 0 Å². The maximum absolute atomic E-state index is 13.9. The first-order valence-corrected chi connectivity index (χ1v) is 18.3. The van der Waals surface area contributed by atoms with Crippen LogP contribution in [0.3, 0.4) is 0 Å². The number of aromatic nitrogens is 5. The molecule has 0 aromatic carbocycles. The van der Waals surface area contributed by atoms with Gasteiger partial charge in [-0.05, 0) is 19.0 Å². The van der Waals surface area contributed by atoms with Crippen LogP contribution in [0.25, 0.3) is 0 Å². The molecule has 1 atom stereocenters. The van der Waals surface area contributed by atoms with E-state index in [2.05, 4.69) is 50.3 Å². The van der Waals surface area contributed by atoms with Crippen molar-refractivity contribution in [2.24, 2.45) is 0 Å². The highest BCUT2D eigenvalue weighted by Gasteiger charge is 2.38. The molecule has 1 aliphatic heterocycles. The molecule has 0 aliphatic carbocycles. The van der Waals surface area contributed by atoms with Crippen LogP contribution in [-0.2, 0) is 28.6 Å². The van der Waals surface area contributed by atoms with Gasteiger partial charge in [-0.1, -0.05) is 19.6 Å². The van der Waals surface area contributed by atoms with E-state index in [0.29, 0.717) is 35.2 Å². The number of nitrogens with one attached hydrogen (secondary N) is 2. The Balaban J connectivity index is 1.36. The molecule has 4 rings (SSSR count). The SMILES string of the molecule is C[C@@H](CNc1ccnc(N2CCN(c3ncc(C(F)(F)F)cn3)CC2=O)c1)Nc1cnn(COCC[Si](C)(C)C)c(=O)c1C(F)(F)F. The number of rotatable bonds is 12. The molecule has 2 N–H and O–H groups in total. The third-order valence-corrected chi connectivity index (χ3v) is 8.75. The fourth-order valence-corrected chi connectivity index (χ4v) is 5.23. The van der Waals surface area contributed by atoms with E-state index in [4.69, 9.17) is 4.74 Å². The molecule has 256 valence electrons. The zero-order chi connectivity index (χ0) is 34.6. The lowest BCUT2D eigenvalue weighted by molar-refractivity contribution is -0.139. The van der Waals surface area contributed by atoms with E-state index in [9.17, 15) is 35.9 Å². The number of hydrogen-bond donors (Lipinski definition) is 2. The van der Waals surface area contributed by atoms with Gasteiger partial charge >= 0.3 is 12.4 Å². The molecule has 3 aromatic heterocycles. The molecule has 1 aliphatic rings. The fourth-order valence-electron chi connectivity index (χ4n) is 4.47. The standard InChI is InChI=1S/C28H35F6N9O3Si/c1-18(40-21-15-39-43(17-46-9-10-47(2,3)4)25(45)24(21)28(32,33)34)12-36-20-5-6-35-22(11-20)42-8-7-41(16-23(42)44)26-37-13-19(14-38-26)27(29,30)31/h5-6,11,13-15,18,40H,7-10,12,16-17H2,1-4H3,(H,35,36)/t18-/m0/s1. The predicted molar refractivity (Wildman–Crippen MR) is 165 cm³/mol. The van der Waals surface area contributed by atoms with Crippen molar-refractivity contribution in [3.63, 3.8) is 0 Å². The molecule has 0 radical (unpaired) electrons. The highest BCUT2D eigenvalue weighted by Crippen LogP contribution is 2.32. The molecule has 1 fully saturated rings. The minimum atomic E-state index is -4.94. The van der Waals surface area contributed by atoms with Gasteiger partial charge in [-0.2, -0.15) is 31.4 Å². The summed E-state index contributed by atoms with van der Waals surface area (Å²) in [5.74, 6) is -0.0986. The van der Waals surface area contributed by atoms with Crippen molar-refractivity contribution in [3.05, 3.63) is 58.4 Å². The minimum absolute atomic E-state index is 0.0112. The molecule has 0 unspecified atom stereocenters. The topological polar surface area (TPSA) is 130 Å². The molecule has 4 heterocycles. The van der Waals surface area contributed by atoms with Crippen LogP contribution in [0, 0.1) is 0 Å². The number of pyridine rings is 1. The molecular weight excluding hydrogens is 652 g/mol. The minimum Gasteiger partial charge on any atom is -0.383 e. The van der Waals surface area contributed by atoms with Gasteiger partial charge in [0.2, 0.25) is 11.9 Å². The average Bonchev–Trinajstić information content (AvgIpc) is 2.98. The van der Waals surface area contributed by atoms with E-state index in [-0.39, 0.29) is 38.0 Å². The van der Waals surface area contributed by atoms with E-state index in [1.54, 1.807) is 19.1 Å². The van der Waals surface area contributed by atoms with Crippen molar-refractivity contribution in [2.45, 2.75) is 57.7 Å². The molecule has 19 heteroatoms. The first-order valence-electron chi connectivity index (χ1n) is 14.6. The number of amides is 1. The number of hydrogen-bond acceptors (Lipinski definition) is 10. The Kier molecular flexibility index (Phi) is 10.8. The van der Waals surface area contributed by atoms with Crippen LogP contribution < -0.4 is 26.0 Å². The van der Waals surface area contributed by atoms with Crippen molar-refractivity contribution < 1.29 is 35.9 Å². The van der Waals surface area contributed by atoms with Crippen LogP contribution in [0.1, 0.15) is 18.1 Å². The summed E-state index contributed by atoms with van der Waals surface area (Å²) in [5, 5.41) is 9.66. The second-order valence-electron chi connectivity index (χ2n) is 12.1. The molecule has 1 saturated heterocycles. The second kappa shape index (κ2) is 14.2. The zero-order valence-corrected chi connectivity index (χ0v) is 27.1. The molecule has 1 amide bonds. The summed E-state index contributed by atoms with van der Waals surface area (Å²) in [5.41, 5.74) is -3.64. The van der Waals surface area contributed by atoms with Gasteiger partial charge in [-0.25, -0.2) is 19.6 Å². The Labute approximate surface area is 267 Å². The van der Waals surface area contributed by atoms with Crippen molar-refractivity contribution in [3.8, 4) is 0 Å². The molecule has 0 spiro atoms. The molecule has 12 nitrogen and oxygen atoms in total. The number of ether oxygens (including phenoxy) is 1. The Hall–Kier alpha value is -4.26. The Morgan fingerprint density at radius 3 is 2.32 bits per heavy atom. The maximum atomic E-state index is 13.9. The van der Waals surface area contributed by atoms with Crippen molar-refractivity contribution in [1.82, 2.24) is 24.7 Å². The fraction of sp³-hybridized carbons (Fsp3) is 0.500. The summed E-state index contributed by atoms with van der Waals surface area (Å²) in [6, 6.07) is 3.37. The maximum Gasteiger partial charge on any atom is 0.423 e. The third kappa shape index (κ3) is 9.63. The van der Waals surface area contributed by atoms with Crippen LogP contribution in [-0.4, -0.2) is 77.5 Å². The van der Waals surface area contributed by atoms with E-state index < -0.39 is 55.6 Å². The quantitative estimate of drug-likeness (QED) is 0.159. The summed E-state index contributed by atoms with van der Waals surface area (Å²) in [6.45, 7) is 8.24. The third-order valence-electron chi connectivity index (χ3n) is 7.04. The second-order valence-corrected chi connectivity index (χ2v) is 17.8. The lowest BCUT2D eigenvalue weighted by Crippen LogP contribution is -2.51. The van der Waals surface area contributed by atoms with Gasteiger partial charge in [0.25, 0.3) is 5.56 Å². The molecule has 0 saturated carbocycles.